The molecule has 4 nitrogen and oxygen atoms in total. The highest BCUT2D eigenvalue weighted by atomic mass is 79.9. The maximum absolute atomic E-state index is 6.36. The van der Waals surface area contributed by atoms with E-state index in [0.717, 1.165) is 33.4 Å². The summed E-state index contributed by atoms with van der Waals surface area (Å²) in [5.74, 6) is 0.751. The number of benzene rings is 1. The Kier molecular flexibility index (Phi) is 3.40. The summed E-state index contributed by atoms with van der Waals surface area (Å²) in [6.45, 7) is 4.88. The maximum atomic E-state index is 6.36. The average molecular weight is 334 g/mol. The van der Waals surface area contributed by atoms with Crippen LogP contribution < -0.4 is 5.73 Å². The van der Waals surface area contributed by atoms with Crippen LogP contribution in [0.4, 0.5) is 0 Å². The Morgan fingerprint density at radius 3 is 2.95 bits per heavy atom. The van der Waals surface area contributed by atoms with Crippen molar-refractivity contribution in [2.24, 2.45) is 5.73 Å². The molecule has 1 atom stereocenters. The predicted molar refractivity (Wildman–Crippen MR) is 82.6 cm³/mol. The van der Waals surface area contributed by atoms with Crippen LogP contribution in [0.15, 0.2) is 39.4 Å². The van der Waals surface area contributed by atoms with E-state index in [0.29, 0.717) is 0 Å². The van der Waals surface area contributed by atoms with Gasteiger partial charge in [0.1, 0.15) is 17.4 Å². The molecule has 104 valence electrons. The van der Waals surface area contributed by atoms with Gasteiger partial charge in [-0.05, 0) is 48.0 Å². The minimum Gasteiger partial charge on any atom is -0.459 e. The van der Waals surface area contributed by atoms with Gasteiger partial charge in [0.25, 0.3) is 0 Å². The highest BCUT2D eigenvalue weighted by Crippen LogP contribution is 2.30. The normalized spacial score (nSPS) is 13.0. The third-order valence-electron chi connectivity index (χ3n) is 3.42. The Balaban J connectivity index is 2.07. The summed E-state index contributed by atoms with van der Waals surface area (Å²) < 4.78 is 8.66. The predicted octanol–water partition coefficient (Wildman–Crippen LogP) is 3.77. The van der Waals surface area contributed by atoms with Crippen molar-refractivity contribution in [3.63, 3.8) is 0 Å². The van der Waals surface area contributed by atoms with Crippen molar-refractivity contribution in [2.45, 2.75) is 26.4 Å². The first-order chi connectivity index (χ1) is 9.60. The van der Waals surface area contributed by atoms with Crippen LogP contribution in [-0.4, -0.2) is 9.78 Å². The van der Waals surface area contributed by atoms with Crippen molar-refractivity contribution < 1.29 is 4.42 Å². The molecule has 0 radical (unpaired) electrons. The van der Waals surface area contributed by atoms with Crippen molar-refractivity contribution in [1.82, 2.24) is 9.78 Å². The number of nitrogens with zero attached hydrogens (tertiary/aromatic N) is 2. The van der Waals surface area contributed by atoms with E-state index in [9.17, 15) is 0 Å². The number of aromatic nitrogens is 2. The lowest BCUT2D eigenvalue weighted by Crippen LogP contribution is -2.17. The Morgan fingerprint density at radius 2 is 2.20 bits per heavy atom. The quantitative estimate of drug-likeness (QED) is 0.793. The van der Waals surface area contributed by atoms with Gasteiger partial charge in [-0.2, -0.15) is 5.10 Å². The first-order valence-corrected chi connectivity index (χ1v) is 7.36. The Hall–Kier alpha value is -1.59. The van der Waals surface area contributed by atoms with Gasteiger partial charge in [-0.15, -0.1) is 0 Å². The van der Waals surface area contributed by atoms with Crippen molar-refractivity contribution in [3.8, 4) is 0 Å². The number of aryl methyl sites for hydroxylation is 2. The highest BCUT2D eigenvalue weighted by molar-refractivity contribution is 9.10. The molecule has 1 aromatic carbocycles. The van der Waals surface area contributed by atoms with Crippen LogP contribution in [0.2, 0.25) is 0 Å². The smallest absolute Gasteiger partial charge is 0.134 e. The number of nitrogens with two attached hydrogens (primary N) is 1. The molecule has 2 aromatic heterocycles. The zero-order valence-corrected chi connectivity index (χ0v) is 13.0. The van der Waals surface area contributed by atoms with E-state index in [2.05, 4.69) is 34.0 Å². The van der Waals surface area contributed by atoms with E-state index < -0.39 is 0 Å². The summed E-state index contributed by atoms with van der Waals surface area (Å²) in [6.07, 6.45) is 1.77. The van der Waals surface area contributed by atoms with E-state index in [4.69, 9.17) is 10.2 Å². The molecule has 0 amide bonds. The Labute approximate surface area is 125 Å². The van der Waals surface area contributed by atoms with E-state index in [-0.39, 0.29) is 6.04 Å². The lowest BCUT2D eigenvalue weighted by molar-refractivity contribution is 0.499. The molecule has 0 saturated carbocycles. The number of rotatable bonds is 3. The molecular formula is C15H16BrN3O. The average Bonchev–Trinajstić information content (AvgIpc) is 3.00. The van der Waals surface area contributed by atoms with Gasteiger partial charge in [0.15, 0.2) is 0 Å². The molecule has 0 fully saturated rings. The second-order valence-corrected chi connectivity index (χ2v) is 5.72. The fourth-order valence-electron chi connectivity index (χ4n) is 2.40. The van der Waals surface area contributed by atoms with Crippen LogP contribution in [0.5, 0.6) is 0 Å². The lowest BCUT2D eigenvalue weighted by Gasteiger charge is -2.11. The molecule has 0 saturated heterocycles. The van der Waals surface area contributed by atoms with Gasteiger partial charge in [-0.3, -0.25) is 4.68 Å². The first kappa shape index (κ1) is 13.4. The first-order valence-electron chi connectivity index (χ1n) is 6.57. The summed E-state index contributed by atoms with van der Waals surface area (Å²) >= 11 is 3.51. The second-order valence-electron chi connectivity index (χ2n) is 4.86. The van der Waals surface area contributed by atoms with Crippen LogP contribution in [0.3, 0.4) is 0 Å². The zero-order valence-electron chi connectivity index (χ0n) is 11.4. The summed E-state index contributed by atoms with van der Waals surface area (Å²) in [5, 5.41) is 5.37. The van der Waals surface area contributed by atoms with Crippen LogP contribution in [0.1, 0.15) is 30.0 Å². The van der Waals surface area contributed by atoms with Gasteiger partial charge in [0, 0.05) is 11.9 Å². The van der Waals surface area contributed by atoms with E-state index in [1.165, 1.54) is 5.56 Å². The molecule has 5 heteroatoms. The zero-order chi connectivity index (χ0) is 14.3. The summed E-state index contributed by atoms with van der Waals surface area (Å²) in [5.41, 5.74) is 9.36. The molecule has 2 N–H and O–H groups in total. The molecule has 0 aliphatic carbocycles. The molecule has 2 heterocycles. The van der Waals surface area contributed by atoms with Crippen LogP contribution in [0.25, 0.3) is 11.0 Å². The van der Waals surface area contributed by atoms with Gasteiger partial charge in [0.05, 0.1) is 16.4 Å². The molecule has 3 aromatic rings. The SMILES string of the molecule is CCn1ncc(Br)c1C(N)c1cc2cc(C)ccc2o1. The molecule has 0 aliphatic rings. The maximum Gasteiger partial charge on any atom is 0.134 e. The largest absolute Gasteiger partial charge is 0.459 e. The minimum atomic E-state index is -0.334. The summed E-state index contributed by atoms with van der Waals surface area (Å²) in [6, 6.07) is 7.79. The fraction of sp³-hybridized carbons (Fsp3) is 0.267. The monoisotopic (exact) mass is 333 g/mol. The lowest BCUT2D eigenvalue weighted by atomic mass is 10.1. The highest BCUT2D eigenvalue weighted by Gasteiger charge is 2.21. The number of hydrogen-bond donors (Lipinski definition) is 1. The third kappa shape index (κ3) is 2.17. The van der Waals surface area contributed by atoms with Gasteiger partial charge < -0.3 is 10.2 Å². The number of halogens is 1. The molecule has 1 unspecified atom stereocenters. The van der Waals surface area contributed by atoms with Gasteiger partial charge in [-0.1, -0.05) is 11.6 Å². The van der Waals surface area contributed by atoms with Crippen molar-refractivity contribution in [3.05, 3.63) is 52.0 Å². The Bertz CT molecular complexity index is 760. The van der Waals surface area contributed by atoms with Gasteiger partial charge >= 0.3 is 0 Å². The van der Waals surface area contributed by atoms with Crippen molar-refractivity contribution in [1.29, 1.82) is 0 Å². The summed E-state index contributed by atoms with van der Waals surface area (Å²) in [7, 11) is 0. The van der Waals surface area contributed by atoms with Crippen molar-refractivity contribution in [2.75, 3.05) is 0 Å². The number of hydrogen-bond acceptors (Lipinski definition) is 3. The van der Waals surface area contributed by atoms with Gasteiger partial charge in [0.2, 0.25) is 0 Å². The van der Waals surface area contributed by atoms with Crippen molar-refractivity contribution >= 4 is 26.9 Å². The van der Waals surface area contributed by atoms with Crippen LogP contribution >= 0.6 is 15.9 Å². The standard InChI is InChI=1S/C15H16BrN3O/c1-3-19-15(11(16)8-18-19)14(17)13-7-10-6-9(2)4-5-12(10)20-13/h4-8,14H,3,17H2,1-2H3. The topological polar surface area (TPSA) is 57.0 Å². The van der Waals surface area contributed by atoms with Crippen LogP contribution in [-0.2, 0) is 6.54 Å². The third-order valence-corrected chi connectivity index (χ3v) is 4.04. The van der Waals surface area contributed by atoms with E-state index >= 15 is 0 Å². The fourth-order valence-corrected chi connectivity index (χ4v) is 2.95. The number of fused-ring (bicyclic) bond motifs is 1. The molecule has 3 rings (SSSR count). The second kappa shape index (κ2) is 5.07. The summed E-state index contributed by atoms with van der Waals surface area (Å²) in [4.78, 5) is 0. The molecule has 0 bridgehead atoms. The van der Waals surface area contributed by atoms with Crippen LogP contribution in [0, 0.1) is 6.92 Å². The molecular weight excluding hydrogens is 318 g/mol. The number of furan rings is 1. The minimum absolute atomic E-state index is 0.334. The Morgan fingerprint density at radius 1 is 1.40 bits per heavy atom. The molecule has 20 heavy (non-hydrogen) atoms. The van der Waals surface area contributed by atoms with Gasteiger partial charge in [-0.25, -0.2) is 0 Å². The molecule has 0 spiro atoms. The van der Waals surface area contributed by atoms with E-state index in [1.54, 1.807) is 6.20 Å². The molecule has 0 aliphatic heterocycles. The van der Waals surface area contributed by atoms with E-state index in [1.807, 2.05) is 29.8 Å².